The number of hydrogen-bond donors (Lipinski definition) is 2. The van der Waals surface area contributed by atoms with Crippen LogP contribution in [0.5, 0.6) is 0 Å². The summed E-state index contributed by atoms with van der Waals surface area (Å²) in [6, 6.07) is 1.26. The number of ether oxygens (including phenoxy) is 2. The first-order valence-electron chi connectivity index (χ1n) is 7.33. The Labute approximate surface area is 133 Å². The van der Waals surface area contributed by atoms with Crippen molar-refractivity contribution in [3.63, 3.8) is 0 Å². The minimum Gasteiger partial charge on any atom is -0.394 e. The highest BCUT2D eigenvalue weighted by atomic mass is 16.6. The molecule has 0 unspecified atom stereocenters. The van der Waals surface area contributed by atoms with Crippen LogP contribution >= 0.6 is 0 Å². The van der Waals surface area contributed by atoms with E-state index >= 15 is 0 Å². The lowest BCUT2D eigenvalue weighted by Crippen LogP contribution is -2.43. The fourth-order valence-corrected chi connectivity index (χ4v) is 2.52. The van der Waals surface area contributed by atoms with E-state index in [1.807, 2.05) is 13.8 Å². The molecule has 0 aromatic carbocycles. The predicted octanol–water partition coefficient (Wildman–Crippen LogP) is -0.758. The maximum atomic E-state index is 12.6. The summed E-state index contributed by atoms with van der Waals surface area (Å²) >= 11 is 0. The van der Waals surface area contributed by atoms with Crippen molar-refractivity contribution >= 4 is 0 Å². The SMILES string of the molecule is CO[C@@H]1[C@H](O)[C@@H](CO)O[C@H]1n1ccc(=O)n(CC=C(C)C)c1=O. The zero-order chi connectivity index (χ0) is 17.1. The highest BCUT2D eigenvalue weighted by Crippen LogP contribution is 2.30. The van der Waals surface area contributed by atoms with Crippen molar-refractivity contribution in [2.45, 2.75) is 44.9 Å². The lowest BCUT2D eigenvalue weighted by atomic mass is 10.1. The van der Waals surface area contributed by atoms with E-state index in [-0.39, 0.29) is 6.54 Å². The summed E-state index contributed by atoms with van der Waals surface area (Å²) in [5.41, 5.74) is -0.00263. The normalized spacial score (nSPS) is 27.2. The Morgan fingerprint density at radius 2 is 2.13 bits per heavy atom. The Hall–Kier alpha value is -1.74. The Bertz CT molecular complexity index is 688. The highest BCUT2D eigenvalue weighted by molar-refractivity contribution is 4.98. The van der Waals surface area contributed by atoms with Crippen molar-refractivity contribution in [1.82, 2.24) is 9.13 Å². The lowest BCUT2D eigenvalue weighted by Gasteiger charge is -2.21. The number of allylic oxidation sites excluding steroid dienone is 2. The summed E-state index contributed by atoms with van der Waals surface area (Å²) in [5, 5.41) is 19.3. The van der Waals surface area contributed by atoms with Gasteiger partial charge < -0.3 is 19.7 Å². The Morgan fingerprint density at radius 3 is 2.70 bits per heavy atom. The molecule has 1 aromatic heterocycles. The molecule has 1 saturated heterocycles. The van der Waals surface area contributed by atoms with Crippen LogP contribution in [0.1, 0.15) is 20.1 Å². The summed E-state index contributed by atoms with van der Waals surface area (Å²) in [6.07, 6.45) is -0.582. The molecule has 23 heavy (non-hydrogen) atoms. The van der Waals surface area contributed by atoms with Crippen LogP contribution in [-0.4, -0.2) is 51.4 Å². The number of methoxy groups -OCH3 is 1. The number of nitrogens with zero attached hydrogens (tertiary/aromatic N) is 2. The van der Waals surface area contributed by atoms with E-state index < -0.39 is 42.4 Å². The van der Waals surface area contributed by atoms with Crippen molar-refractivity contribution < 1.29 is 19.7 Å². The van der Waals surface area contributed by atoms with Gasteiger partial charge in [0.1, 0.15) is 18.3 Å². The van der Waals surface area contributed by atoms with Crippen molar-refractivity contribution in [3.8, 4) is 0 Å². The van der Waals surface area contributed by atoms with Crippen LogP contribution in [-0.2, 0) is 16.0 Å². The van der Waals surface area contributed by atoms with E-state index in [9.17, 15) is 19.8 Å². The van der Waals surface area contributed by atoms with Gasteiger partial charge in [0.2, 0.25) is 0 Å². The van der Waals surface area contributed by atoms with Crippen LogP contribution in [0.3, 0.4) is 0 Å². The van der Waals surface area contributed by atoms with Gasteiger partial charge in [-0.25, -0.2) is 4.79 Å². The van der Waals surface area contributed by atoms with Gasteiger partial charge in [0.05, 0.1) is 6.61 Å². The molecule has 2 N–H and O–H groups in total. The van der Waals surface area contributed by atoms with Crippen molar-refractivity contribution in [2.75, 3.05) is 13.7 Å². The zero-order valence-electron chi connectivity index (χ0n) is 13.4. The molecular formula is C15H22N2O6. The first kappa shape index (κ1) is 17.6. The van der Waals surface area contributed by atoms with E-state index in [4.69, 9.17) is 9.47 Å². The van der Waals surface area contributed by atoms with Crippen molar-refractivity contribution in [3.05, 3.63) is 44.8 Å². The van der Waals surface area contributed by atoms with E-state index in [0.29, 0.717) is 0 Å². The van der Waals surface area contributed by atoms with Gasteiger partial charge in [-0.1, -0.05) is 11.6 Å². The largest absolute Gasteiger partial charge is 0.394 e. The third-order valence-electron chi connectivity index (χ3n) is 3.82. The minimum atomic E-state index is -1.07. The molecule has 1 aromatic rings. The number of hydrogen-bond acceptors (Lipinski definition) is 6. The number of rotatable bonds is 5. The number of aliphatic hydroxyl groups excluding tert-OH is 2. The summed E-state index contributed by atoms with van der Waals surface area (Å²) in [7, 11) is 1.38. The third-order valence-corrected chi connectivity index (χ3v) is 3.82. The average molecular weight is 326 g/mol. The second-order valence-electron chi connectivity index (χ2n) is 5.67. The third kappa shape index (κ3) is 3.45. The molecule has 0 amide bonds. The number of aromatic nitrogens is 2. The quantitative estimate of drug-likeness (QED) is 0.690. The standard InChI is InChI=1S/C15H22N2O6/c1-9(2)4-6-16-11(19)5-7-17(15(16)21)14-13(22-3)12(20)10(8-18)23-14/h4-5,7,10,12-14,18,20H,6,8H2,1-3H3/t10-,12-,13-,14-/m1/s1. The fraction of sp³-hybridized carbons (Fsp3) is 0.600. The van der Waals surface area contributed by atoms with Crippen molar-refractivity contribution in [2.24, 2.45) is 0 Å². The van der Waals surface area contributed by atoms with Crippen molar-refractivity contribution in [1.29, 1.82) is 0 Å². The predicted molar refractivity (Wildman–Crippen MR) is 82.2 cm³/mol. The Morgan fingerprint density at radius 1 is 1.43 bits per heavy atom. The van der Waals surface area contributed by atoms with Gasteiger partial charge in [-0.2, -0.15) is 0 Å². The summed E-state index contributed by atoms with van der Waals surface area (Å²) in [5.74, 6) is 0. The van der Waals surface area contributed by atoms with Crippen LogP contribution in [0.25, 0.3) is 0 Å². The van der Waals surface area contributed by atoms with E-state index in [0.717, 1.165) is 10.1 Å². The van der Waals surface area contributed by atoms with Gasteiger partial charge in [-0.15, -0.1) is 0 Å². The average Bonchev–Trinajstić information content (AvgIpc) is 2.82. The maximum absolute atomic E-state index is 12.6. The fourth-order valence-electron chi connectivity index (χ4n) is 2.52. The molecule has 0 aliphatic carbocycles. The molecule has 2 rings (SSSR count). The molecule has 1 fully saturated rings. The summed E-state index contributed by atoms with van der Waals surface area (Å²) in [6.45, 7) is 3.49. The highest BCUT2D eigenvalue weighted by Gasteiger charge is 2.45. The molecule has 1 aliphatic rings. The first-order chi connectivity index (χ1) is 10.9. The molecule has 128 valence electrons. The molecule has 0 radical (unpaired) electrons. The van der Waals surface area contributed by atoms with E-state index in [1.165, 1.54) is 23.9 Å². The van der Waals surface area contributed by atoms with Gasteiger partial charge in [-0.3, -0.25) is 13.9 Å². The van der Waals surface area contributed by atoms with Gasteiger partial charge in [0.15, 0.2) is 6.23 Å². The smallest absolute Gasteiger partial charge is 0.333 e. The lowest BCUT2D eigenvalue weighted by molar-refractivity contribution is -0.0631. The summed E-state index contributed by atoms with van der Waals surface area (Å²) in [4.78, 5) is 24.5. The number of aliphatic hydroxyl groups is 2. The topological polar surface area (TPSA) is 103 Å². The molecule has 0 saturated carbocycles. The molecular weight excluding hydrogens is 304 g/mol. The minimum absolute atomic E-state index is 0.150. The maximum Gasteiger partial charge on any atom is 0.333 e. The zero-order valence-corrected chi connectivity index (χ0v) is 13.4. The Balaban J connectivity index is 2.44. The first-order valence-corrected chi connectivity index (χ1v) is 7.33. The molecule has 0 bridgehead atoms. The van der Waals surface area contributed by atoms with Crippen LogP contribution in [0.15, 0.2) is 33.5 Å². The van der Waals surface area contributed by atoms with Gasteiger partial charge >= 0.3 is 5.69 Å². The van der Waals surface area contributed by atoms with Gasteiger partial charge in [0.25, 0.3) is 5.56 Å². The molecule has 2 heterocycles. The summed E-state index contributed by atoms with van der Waals surface area (Å²) < 4.78 is 13.0. The van der Waals surface area contributed by atoms with Crippen LogP contribution in [0.2, 0.25) is 0 Å². The van der Waals surface area contributed by atoms with Crippen LogP contribution in [0.4, 0.5) is 0 Å². The van der Waals surface area contributed by atoms with Crippen LogP contribution < -0.4 is 11.2 Å². The monoisotopic (exact) mass is 326 g/mol. The molecule has 8 nitrogen and oxygen atoms in total. The molecule has 8 heteroatoms. The molecule has 1 aliphatic heterocycles. The van der Waals surface area contributed by atoms with Crippen LogP contribution in [0, 0.1) is 0 Å². The molecule has 0 spiro atoms. The second kappa shape index (κ2) is 7.22. The van der Waals surface area contributed by atoms with Gasteiger partial charge in [0, 0.05) is 25.9 Å². The van der Waals surface area contributed by atoms with E-state index in [1.54, 1.807) is 6.08 Å². The van der Waals surface area contributed by atoms with Gasteiger partial charge in [-0.05, 0) is 13.8 Å². The Kier molecular flexibility index (Phi) is 5.53. The van der Waals surface area contributed by atoms with E-state index in [2.05, 4.69) is 0 Å². The second-order valence-corrected chi connectivity index (χ2v) is 5.67. The molecule has 4 atom stereocenters.